The van der Waals surface area contributed by atoms with E-state index in [0.29, 0.717) is 11.3 Å². The van der Waals surface area contributed by atoms with Gasteiger partial charge in [-0.1, -0.05) is 18.2 Å². The number of para-hydroxylation sites is 1. The third-order valence-corrected chi connectivity index (χ3v) is 3.51. The van der Waals surface area contributed by atoms with Crippen molar-refractivity contribution >= 4 is 23.6 Å². The third kappa shape index (κ3) is 5.53. The van der Waals surface area contributed by atoms with E-state index in [4.69, 9.17) is 4.74 Å². The Labute approximate surface area is 154 Å². The quantitative estimate of drug-likeness (QED) is 0.727. The van der Waals surface area contributed by atoms with Crippen LogP contribution in [0.5, 0.6) is 11.5 Å². The standard InChI is InChI=1S/C19H18F2N2O4/c1-22-18(25)14-11-13(26-2)8-9-15(14)23-17(24)10-7-12-5-3-4-6-16(12)27-19(20)21/h3-11,19H,1-2H3,(H,22,25)(H,23,24)/b10-7+. The van der Waals surface area contributed by atoms with Crippen LogP contribution in [-0.4, -0.2) is 32.6 Å². The predicted molar refractivity (Wildman–Crippen MR) is 97.1 cm³/mol. The molecule has 2 aromatic rings. The monoisotopic (exact) mass is 376 g/mol. The summed E-state index contributed by atoms with van der Waals surface area (Å²) in [4.78, 5) is 24.2. The molecule has 0 aliphatic heterocycles. The van der Waals surface area contributed by atoms with Gasteiger partial charge in [0.05, 0.1) is 18.4 Å². The number of carbonyl (C=O) groups excluding carboxylic acids is 2. The molecule has 2 amide bonds. The van der Waals surface area contributed by atoms with Crippen molar-refractivity contribution in [3.05, 3.63) is 59.7 Å². The van der Waals surface area contributed by atoms with E-state index in [0.717, 1.165) is 6.08 Å². The molecule has 142 valence electrons. The van der Waals surface area contributed by atoms with Crippen molar-refractivity contribution in [2.24, 2.45) is 0 Å². The fraction of sp³-hybridized carbons (Fsp3) is 0.158. The summed E-state index contributed by atoms with van der Waals surface area (Å²) >= 11 is 0. The van der Waals surface area contributed by atoms with E-state index in [9.17, 15) is 18.4 Å². The molecule has 0 spiro atoms. The number of hydrogen-bond donors (Lipinski definition) is 2. The Morgan fingerprint density at radius 2 is 1.89 bits per heavy atom. The van der Waals surface area contributed by atoms with Crippen LogP contribution in [0.15, 0.2) is 48.5 Å². The Kier molecular flexibility index (Phi) is 6.87. The third-order valence-electron chi connectivity index (χ3n) is 3.51. The minimum Gasteiger partial charge on any atom is -0.497 e. The number of halogens is 2. The van der Waals surface area contributed by atoms with Crippen LogP contribution in [0.3, 0.4) is 0 Å². The molecular weight excluding hydrogens is 358 g/mol. The first-order valence-corrected chi connectivity index (χ1v) is 7.87. The maximum absolute atomic E-state index is 12.4. The second-order valence-electron chi connectivity index (χ2n) is 5.23. The Morgan fingerprint density at radius 1 is 1.15 bits per heavy atom. The van der Waals surface area contributed by atoms with Crippen LogP contribution in [0.1, 0.15) is 15.9 Å². The molecule has 0 fully saturated rings. The lowest BCUT2D eigenvalue weighted by molar-refractivity contribution is -0.111. The molecule has 0 radical (unpaired) electrons. The topological polar surface area (TPSA) is 76.7 Å². The zero-order valence-electron chi connectivity index (χ0n) is 14.7. The molecule has 2 aromatic carbocycles. The molecule has 0 aromatic heterocycles. The average Bonchev–Trinajstić information content (AvgIpc) is 2.66. The highest BCUT2D eigenvalue weighted by atomic mass is 19.3. The van der Waals surface area contributed by atoms with Crippen LogP contribution in [0.25, 0.3) is 6.08 Å². The van der Waals surface area contributed by atoms with Crippen LogP contribution >= 0.6 is 0 Å². The number of amides is 2. The molecule has 0 aliphatic carbocycles. The average molecular weight is 376 g/mol. The van der Waals surface area contributed by atoms with Crippen LogP contribution in [0.2, 0.25) is 0 Å². The fourth-order valence-electron chi connectivity index (χ4n) is 2.24. The first kappa shape index (κ1) is 19.9. The molecule has 27 heavy (non-hydrogen) atoms. The maximum Gasteiger partial charge on any atom is 0.387 e. The van der Waals surface area contributed by atoms with Crippen molar-refractivity contribution in [3.8, 4) is 11.5 Å². The Hall–Kier alpha value is -3.42. The highest BCUT2D eigenvalue weighted by molar-refractivity contribution is 6.07. The van der Waals surface area contributed by atoms with Crippen molar-refractivity contribution in [2.45, 2.75) is 6.61 Å². The summed E-state index contributed by atoms with van der Waals surface area (Å²) in [6.07, 6.45) is 2.50. The second kappa shape index (κ2) is 9.33. The Bertz CT molecular complexity index is 853. The molecule has 0 atom stereocenters. The van der Waals surface area contributed by atoms with Crippen molar-refractivity contribution in [1.82, 2.24) is 5.32 Å². The van der Waals surface area contributed by atoms with Gasteiger partial charge in [-0.25, -0.2) is 0 Å². The second-order valence-corrected chi connectivity index (χ2v) is 5.23. The van der Waals surface area contributed by atoms with E-state index in [-0.39, 0.29) is 17.0 Å². The fourth-order valence-corrected chi connectivity index (χ4v) is 2.24. The Balaban J connectivity index is 2.19. The van der Waals surface area contributed by atoms with E-state index in [2.05, 4.69) is 15.4 Å². The normalized spacial score (nSPS) is 10.7. The number of rotatable bonds is 7. The van der Waals surface area contributed by atoms with Gasteiger partial charge in [-0.2, -0.15) is 8.78 Å². The number of hydrogen-bond acceptors (Lipinski definition) is 4. The summed E-state index contributed by atoms with van der Waals surface area (Å²) in [5, 5.41) is 5.05. The number of benzene rings is 2. The number of carbonyl (C=O) groups is 2. The van der Waals surface area contributed by atoms with Gasteiger partial charge >= 0.3 is 6.61 Å². The molecule has 0 unspecified atom stereocenters. The molecule has 0 saturated carbocycles. The number of alkyl halides is 2. The molecule has 6 nitrogen and oxygen atoms in total. The number of nitrogens with one attached hydrogen (secondary N) is 2. The van der Waals surface area contributed by atoms with Crippen LogP contribution in [0, 0.1) is 0 Å². The summed E-state index contributed by atoms with van der Waals surface area (Å²) in [7, 11) is 2.93. The highest BCUT2D eigenvalue weighted by Gasteiger charge is 2.13. The summed E-state index contributed by atoms with van der Waals surface area (Å²) in [5.41, 5.74) is 0.816. The van der Waals surface area contributed by atoms with Gasteiger partial charge in [0.2, 0.25) is 5.91 Å². The minimum absolute atomic E-state index is 0.0490. The summed E-state index contributed by atoms with van der Waals surface area (Å²) < 4.78 is 34.3. The molecule has 0 saturated heterocycles. The zero-order valence-corrected chi connectivity index (χ0v) is 14.7. The summed E-state index contributed by atoms with van der Waals surface area (Å²) in [6, 6.07) is 10.7. The van der Waals surface area contributed by atoms with E-state index in [1.54, 1.807) is 18.2 Å². The van der Waals surface area contributed by atoms with E-state index < -0.39 is 18.4 Å². The zero-order chi connectivity index (χ0) is 19.8. The van der Waals surface area contributed by atoms with E-state index >= 15 is 0 Å². The molecule has 0 heterocycles. The molecule has 0 bridgehead atoms. The summed E-state index contributed by atoms with van der Waals surface area (Å²) in [6.45, 7) is -2.97. The van der Waals surface area contributed by atoms with Crippen molar-refractivity contribution in [2.75, 3.05) is 19.5 Å². The van der Waals surface area contributed by atoms with Gasteiger partial charge in [0, 0.05) is 18.7 Å². The van der Waals surface area contributed by atoms with Crippen LogP contribution in [0.4, 0.5) is 14.5 Å². The lowest BCUT2D eigenvalue weighted by Gasteiger charge is -2.11. The van der Waals surface area contributed by atoms with Crippen molar-refractivity contribution in [3.63, 3.8) is 0 Å². The molecule has 2 N–H and O–H groups in total. The predicted octanol–water partition coefficient (Wildman–Crippen LogP) is 3.31. The van der Waals surface area contributed by atoms with Crippen LogP contribution < -0.4 is 20.1 Å². The van der Waals surface area contributed by atoms with Gasteiger partial charge < -0.3 is 20.1 Å². The van der Waals surface area contributed by atoms with Gasteiger partial charge in [-0.15, -0.1) is 0 Å². The van der Waals surface area contributed by atoms with Gasteiger partial charge in [0.1, 0.15) is 11.5 Å². The maximum atomic E-state index is 12.4. The largest absolute Gasteiger partial charge is 0.497 e. The van der Waals surface area contributed by atoms with Crippen molar-refractivity contribution < 1.29 is 27.8 Å². The first-order chi connectivity index (χ1) is 12.9. The summed E-state index contributed by atoms with van der Waals surface area (Å²) in [5.74, 6) is -0.534. The van der Waals surface area contributed by atoms with Gasteiger partial charge in [-0.05, 0) is 30.3 Å². The van der Waals surface area contributed by atoms with Crippen molar-refractivity contribution in [1.29, 1.82) is 0 Å². The van der Waals surface area contributed by atoms with E-state index in [1.165, 1.54) is 44.5 Å². The molecular formula is C19H18F2N2O4. The lowest BCUT2D eigenvalue weighted by Crippen LogP contribution is -2.21. The SMILES string of the molecule is CNC(=O)c1cc(OC)ccc1NC(=O)/C=C/c1ccccc1OC(F)F. The number of anilines is 1. The van der Waals surface area contributed by atoms with Crippen LogP contribution in [-0.2, 0) is 4.79 Å². The van der Waals surface area contributed by atoms with Gasteiger partial charge in [0.15, 0.2) is 0 Å². The molecule has 0 aliphatic rings. The first-order valence-electron chi connectivity index (χ1n) is 7.87. The number of ether oxygens (including phenoxy) is 2. The smallest absolute Gasteiger partial charge is 0.387 e. The lowest BCUT2D eigenvalue weighted by atomic mass is 10.1. The number of methoxy groups -OCH3 is 1. The molecule has 8 heteroatoms. The van der Waals surface area contributed by atoms with Gasteiger partial charge in [-0.3, -0.25) is 9.59 Å². The Morgan fingerprint density at radius 3 is 2.56 bits per heavy atom. The minimum atomic E-state index is -2.97. The van der Waals surface area contributed by atoms with Gasteiger partial charge in [0.25, 0.3) is 5.91 Å². The molecule has 2 rings (SSSR count). The van der Waals surface area contributed by atoms with E-state index in [1.807, 2.05) is 0 Å². The highest BCUT2D eigenvalue weighted by Crippen LogP contribution is 2.23.